The molecule has 2 nitrogen and oxygen atoms in total. The molecule has 0 bridgehead atoms. The third-order valence-corrected chi connectivity index (χ3v) is 3.92. The first kappa shape index (κ1) is 11.5. The third kappa shape index (κ3) is 1.65. The van der Waals surface area contributed by atoms with Gasteiger partial charge in [0, 0.05) is 22.3 Å². The second-order valence-corrected chi connectivity index (χ2v) is 5.08. The van der Waals surface area contributed by atoms with Gasteiger partial charge in [0.1, 0.15) is 5.82 Å². The number of aromatic nitrogens is 1. The average molecular weight is 244 g/mol. The Morgan fingerprint density at radius 2 is 1.94 bits per heavy atom. The maximum atomic E-state index is 13.6. The lowest BCUT2D eigenvalue weighted by Crippen LogP contribution is -2.04. The van der Waals surface area contributed by atoms with Crippen LogP contribution >= 0.6 is 0 Å². The molecule has 1 heterocycles. The number of rotatable bonds is 0. The Morgan fingerprint density at radius 3 is 2.78 bits per heavy atom. The minimum absolute atomic E-state index is 0.206. The van der Waals surface area contributed by atoms with E-state index in [2.05, 4.69) is 4.98 Å². The van der Waals surface area contributed by atoms with E-state index in [1.807, 2.05) is 0 Å². The molecule has 2 N–H and O–H groups in total. The number of halogens is 1. The Bertz CT molecular complexity index is 620. The summed E-state index contributed by atoms with van der Waals surface area (Å²) in [6.07, 6.45) is 5.51. The highest BCUT2D eigenvalue weighted by Crippen LogP contribution is 2.32. The number of hydrogen-bond donors (Lipinski definition) is 1. The molecule has 94 valence electrons. The summed E-state index contributed by atoms with van der Waals surface area (Å²) in [4.78, 5) is 4.68. The first-order chi connectivity index (χ1) is 8.68. The van der Waals surface area contributed by atoms with Gasteiger partial charge in [0.2, 0.25) is 0 Å². The van der Waals surface area contributed by atoms with Gasteiger partial charge in [-0.1, -0.05) is 6.42 Å². The van der Waals surface area contributed by atoms with Gasteiger partial charge in [-0.3, -0.25) is 4.98 Å². The Morgan fingerprint density at radius 1 is 1.17 bits per heavy atom. The van der Waals surface area contributed by atoms with E-state index >= 15 is 0 Å². The molecule has 0 radical (unpaired) electrons. The van der Waals surface area contributed by atoms with Crippen LogP contribution in [0.15, 0.2) is 12.1 Å². The van der Waals surface area contributed by atoms with Crippen molar-refractivity contribution in [3.63, 3.8) is 0 Å². The largest absolute Gasteiger partial charge is 0.398 e. The minimum atomic E-state index is -0.206. The fraction of sp³-hybridized carbons (Fsp3) is 0.400. The van der Waals surface area contributed by atoms with E-state index in [1.54, 1.807) is 13.0 Å². The van der Waals surface area contributed by atoms with Crippen molar-refractivity contribution in [2.24, 2.45) is 0 Å². The van der Waals surface area contributed by atoms with Crippen molar-refractivity contribution >= 4 is 16.6 Å². The van der Waals surface area contributed by atoms with E-state index in [0.717, 1.165) is 41.5 Å². The quantitative estimate of drug-likeness (QED) is 0.720. The van der Waals surface area contributed by atoms with Crippen molar-refractivity contribution in [1.82, 2.24) is 4.98 Å². The zero-order chi connectivity index (χ0) is 12.7. The molecule has 3 rings (SSSR count). The maximum Gasteiger partial charge on any atom is 0.128 e. The van der Waals surface area contributed by atoms with E-state index in [1.165, 1.54) is 24.5 Å². The van der Waals surface area contributed by atoms with Crippen LogP contribution in [0.2, 0.25) is 0 Å². The number of pyridine rings is 1. The Kier molecular flexibility index (Phi) is 2.69. The van der Waals surface area contributed by atoms with Crippen molar-refractivity contribution in [2.45, 2.75) is 39.0 Å². The summed E-state index contributed by atoms with van der Waals surface area (Å²) in [5, 5.41) is 0.898. The predicted octanol–water partition coefficient (Wildman–Crippen LogP) is 3.53. The summed E-state index contributed by atoms with van der Waals surface area (Å²) in [5.74, 6) is -0.206. The van der Waals surface area contributed by atoms with Crippen LogP contribution in [-0.4, -0.2) is 4.98 Å². The van der Waals surface area contributed by atoms with Crippen LogP contribution < -0.4 is 5.73 Å². The molecule has 1 aromatic carbocycles. The normalized spacial score (nSPS) is 15.4. The molecule has 18 heavy (non-hydrogen) atoms. The summed E-state index contributed by atoms with van der Waals surface area (Å²) in [6, 6.07) is 3.24. The second-order valence-electron chi connectivity index (χ2n) is 5.08. The topological polar surface area (TPSA) is 38.9 Å². The lowest BCUT2D eigenvalue weighted by atomic mass is 10.0. The first-order valence-corrected chi connectivity index (χ1v) is 6.54. The van der Waals surface area contributed by atoms with Gasteiger partial charge in [-0.25, -0.2) is 4.39 Å². The Balaban J connectivity index is 2.34. The summed E-state index contributed by atoms with van der Waals surface area (Å²) in [7, 11) is 0. The predicted molar refractivity (Wildman–Crippen MR) is 72.1 cm³/mol. The van der Waals surface area contributed by atoms with Crippen molar-refractivity contribution in [1.29, 1.82) is 0 Å². The molecule has 1 aliphatic rings. The molecule has 3 heteroatoms. The van der Waals surface area contributed by atoms with E-state index in [9.17, 15) is 4.39 Å². The number of nitrogens with zero attached hydrogens (tertiary/aromatic N) is 1. The molecule has 1 aliphatic carbocycles. The zero-order valence-electron chi connectivity index (χ0n) is 10.6. The van der Waals surface area contributed by atoms with Crippen LogP contribution in [0.4, 0.5) is 10.1 Å². The fourth-order valence-electron chi connectivity index (χ4n) is 2.81. The van der Waals surface area contributed by atoms with Crippen molar-refractivity contribution in [2.75, 3.05) is 5.73 Å². The summed E-state index contributed by atoms with van der Waals surface area (Å²) < 4.78 is 13.6. The standard InChI is InChI=1S/C15H17FN2/c1-9-12(16)8-7-11-14(17)10-5-3-2-4-6-13(10)18-15(9)11/h7-8H,2-6H2,1H3,(H2,17,18). The fourth-order valence-corrected chi connectivity index (χ4v) is 2.81. The first-order valence-electron chi connectivity index (χ1n) is 6.54. The number of nitrogen functional groups attached to an aromatic ring is 1. The minimum Gasteiger partial charge on any atom is -0.398 e. The van der Waals surface area contributed by atoms with Crippen LogP contribution in [0.1, 0.15) is 36.1 Å². The van der Waals surface area contributed by atoms with Gasteiger partial charge in [0.15, 0.2) is 0 Å². The van der Waals surface area contributed by atoms with Crippen LogP contribution in [0.5, 0.6) is 0 Å². The molecule has 1 aromatic heterocycles. The van der Waals surface area contributed by atoms with E-state index in [0.29, 0.717) is 5.56 Å². The molecule has 0 amide bonds. The average Bonchev–Trinajstić information content (AvgIpc) is 2.60. The summed E-state index contributed by atoms with van der Waals surface area (Å²) in [6.45, 7) is 1.77. The summed E-state index contributed by atoms with van der Waals surface area (Å²) in [5.41, 5.74) is 10.7. The van der Waals surface area contributed by atoms with Gasteiger partial charge in [-0.15, -0.1) is 0 Å². The van der Waals surface area contributed by atoms with E-state index < -0.39 is 0 Å². The van der Waals surface area contributed by atoms with Crippen molar-refractivity contribution in [3.05, 3.63) is 34.8 Å². The van der Waals surface area contributed by atoms with Crippen LogP contribution in [0.25, 0.3) is 10.9 Å². The number of aryl methyl sites for hydroxylation is 2. The Hall–Kier alpha value is -1.64. The molecular weight excluding hydrogens is 227 g/mol. The third-order valence-electron chi connectivity index (χ3n) is 3.92. The maximum absolute atomic E-state index is 13.6. The van der Waals surface area contributed by atoms with Gasteiger partial charge in [0.25, 0.3) is 0 Å². The van der Waals surface area contributed by atoms with Crippen LogP contribution in [0.3, 0.4) is 0 Å². The van der Waals surface area contributed by atoms with Crippen LogP contribution in [-0.2, 0) is 12.8 Å². The molecule has 0 saturated carbocycles. The second kappa shape index (κ2) is 4.23. The lowest BCUT2D eigenvalue weighted by Gasteiger charge is -2.13. The molecule has 0 spiro atoms. The highest BCUT2D eigenvalue weighted by atomic mass is 19.1. The summed E-state index contributed by atoms with van der Waals surface area (Å²) >= 11 is 0. The van der Waals surface area contributed by atoms with E-state index in [4.69, 9.17) is 5.73 Å². The highest BCUT2D eigenvalue weighted by molar-refractivity contribution is 5.94. The number of nitrogens with two attached hydrogens (primary N) is 1. The van der Waals surface area contributed by atoms with Gasteiger partial charge in [-0.2, -0.15) is 0 Å². The number of hydrogen-bond acceptors (Lipinski definition) is 2. The lowest BCUT2D eigenvalue weighted by molar-refractivity contribution is 0.620. The van der Waals surface area contributed by atoms with Gasteiger partial charge in [0.05, 0.1) is 5.52 Å². The van der Waals surface area contributed by atoms with Gasteiger partial charge in [-0.05, 0) is 50.3 Å². The monoisotopic (exact) mass is 244 g/mol. The number of fused-ring (bicyclic) bond motifs is 2. The van der Waals surface area contributed by atoms with Crippen molar-refractivity contribution < 1.29 is 4.39 Å². The van der Waals surface area contributed by atoms with Gasteiger partial charge < -0.3 is 5.73 Å². The van der Waals surface area contributed by atoms with Crippen molar-refractivity contribution in [3.8, 4) is 0 Å². The molecule has 0 saturated heterocycles. The molecule has 0 fully saturated rings. The molecular formula is C15H17FN2. The smallest absolute Gasteiger partial charge is 0.128 e. The van der Waals surface area contributed by atoms with Crippen LogP contribution in [0, 0.1) is 12.7 Å². The highest BCUT2D eigenvalue weighted by Gasteiger charge is 2.17. The number of benzene rings is 1. The van der Waals surface area contributed by atoms with E-state index in [-0.39, 0.29) is 5.82 Å². The molecule has 0 aliphatic heterocycles. The molecule has 0 atom stereocenters. The SMILES string of the molecule is Cc1c(F)ccc2c(N)c3c(nc12)CCCCC3. The Labute approximate surface area is 106 Å². The number of anilines is 1. The zero-order valence-corrected chi connectivity index (χ0v) is 10.6. The molecule has 2 aromatic rings. The van der Waals surface area contributed by atoms with Gasteiger partial charge >= 0.3 is 0 Å². The molecule has 0 unspecified atom stereocenters.